The normalized spacial score (nSPS) is 12.0. The van der Waals surface area contributed by atoms with E-state index in [1.165, 1.54) is 0 Å². The average Bonchev–Trinajstić information content (AvgIpc) is 2.57. The predicted octanol–water partition coefficient (Wildman–Crippen LogP) is 5.26. The molecule has 146 valence electrons. The van der Waals surface area contributed by atoms with Gasteiger partial charge in [-0.2, -0.15) is 26.3 Å². The zero-order valence-electron chi connectivity index (χ0n) is 13.5. The Bertz CT molecular complexity index is 842. The lowest BCUT2D eigenvalue weighted by atomic mass is 10.0. The predicted molar refractivity (Wildman–Crippen MR) is 79.1 cm³/mol. The van der Waals surface area contributed by atoms with Gasteiger partial charge in [-0.15, -0.1) is 0 Å². The zero-order valence-corrected chi connectivity index (χ0v) is 13.5. The maximum atomic E-state index is 13.5. The summed E-state index contributed by atoms with van der Waals surface area (Å²) in [6.07, 6.45) is -9.55. The number of alkyl halides is 6. The molecule has 27 heavy (non-hydrogen) atoms. The SMILES string of the molecule is COc1c(C=O)cc(F)cc1OCc1cc(C(F)(F)F)ccc1C(F)(F)F. The molecule has 2 aromatic rings. The maximum absolute atomic E-state index is 13.5. The van der Waals surface area contributed by atoms with Gasteiger partial charge in [0.15, 0.2) is 17.8 Å². The first-order valence-corrected chi connectivity index (χ1v) is 7.20. The van der Waals surface area contributed by atoms with Crippen LogP contribution in [0.3, 0.4) is 0 Å². The molecule has 0 N–H and O–H groups in total. The molecule has 0 atom stereocenters. The Morgan fingerprint density at radius 1 is 1.00 bits per heavy atom. The van der Waals surface area contributed by atoms with Crippen LogP contribution >= 0.6 is 0 Å². The van der Waals surface area contributed by atoms with Crippen molar-refractivity contribution in [3.8, 4) is 11.5 Å². The monoisotopic (exact) mass is 396 g/mol. The molecular formula is C17H11F7O3. The van der Waals surface area contributed by atoms with E-state index in [-0.39, 0.29) is 17.6 Å². The van der Waals surface area contributed by atoms with Crippen LogP contribution in [0.2, 0.25) is 0 Å². The summed E-state index contributed by atoms with van der Waals surface area (Å²) in [5, 5.41) is 0. The summed E-state index contributed by atoms with van der Waals surface area (Å²) in [5.74, 6) is -1.62. The molecule has 0 saturated carbocycles. The summed E-state index contributed by atoms with van der Waals surface area (Å²) in [5.41, 5.74) is -3.71. The third-order valence-electron chi connectivity index (χ3n) is 3.50. The Balaban J connectivity index is 2.45. The van der Waals surface area contributed by atoms with Gasteiger partial charge in [-0.3, -0.25) is 4.79 Å². The highest BCUT2D eigenvalue weighted by atomic mass is 19.4. The van der Waals surface area contributed by atoms with Gasteiger partial charge in [0.2, 0.25) is 0 Å². The number of rotatable bonds is 5. The molecule has 2 rings (SSSR count). The fourth-order valence-electron chi connectivity index (χ4n) is 2.32. The van der Waals surface area contributed by atoms with Crippen LogP contribution in [0.25, 0.3) is 0 Å². The van der Waals surface area contributed by atoms with Crippen LogP contribution in [0.4, 0.5) is 30.7 Å². The summed E-state index contributed by atoms with van der Waals surface area (Å²) in [7, 11) is 1.11. The number of ether oxygens (including phenoxy) is 2. The molecule has 3 nitrogen and oxygen atoms in total. The number of halogens is 7. The van der Waals surface area contributed by atoms with Crippen LogP contribution in [0, 0.1) is 5.82 Å². The molecule has 0 aliphatic heterocycles. The fraction of sp³-hybridized carbons (Fsp3) is 0.235. The molecule has 0 bridgehead atoms. The van der Waals surface area contributed by atoms with Gasteiger partial charge in [0, 0.05) is 11.6 Å². The third-order valence-corrected chi connectivity index (χ3v) is 3.50. The van der Waals surface area contributed by atoms with Crippen molar-refractivity contribution < 1.29 is 45.0 Å². The Kier molecular flexibility index (Phi) is 5.67. The van der Waals surface area contributed by atoms with Crippen molar-refractivity contribution in [1.82, 2.24) is 0 Å². The van der Waals surface area contributed by atoms with Gasteiger partial charge in [0.05, 0.1) is 23.8 Å². The van der Waals surface area contributed by atoms with Crippen LogP contribution < -0.4 is 9.47 Å². The molecule has 0 aliphatic rings. The number of carbonyl (C=O) groups is 1. The Hall–Kier alpha value is -2.78. The highest BCUT2D eigenvalue weighted by Gasteiger charge is 2.37. The highest BCUT2D eigenvalue weighted by molar-refractivity contribution is 5.81. The first kappa shape index (κ1) is 20.5. The van der Waals surface area contributed by atoms with Crippen molar-refractivity contribution in [3.05, 3.63) is 58.4 Å². The third kappa shape index (κ3) is 4.69. The zero-order chi connectivity index (χ0) is 20.4. The van der Waals surface area contributed by atoms with Crippen molar-refractivity contribution in [2.45, 2.75) is 19.0 Å². The molecule has 0 aromatic heterocycles. The topological polar surface area (TPSA) is 35.5 Å². The molecular weight excluding hydrogens is 385 g/mol. The molecule has 0 spiro atoms. The average molecular weight is 396 g/mol. The fourth-order valence-corrected chi connectivity index (χ4v) is 2.32. The van der Waals surface area contributed by atoms with Crippen LogP contribution in [-0.2, 0) is 19.0 Å². The summed E-state index contributed by atoms with van der Waals surface area (Å²) in [6.45, 7) is -0.961. The van der Waals surface area contributed by atoms with E-state index in [0.29, 0.717) is 18.2 Å². The van der Waals surface area contributed by atoms with Crippen LogP contribution in [0.5, 0.6) is 11.5 Å². The molecule has 0 amide bonds. The Labute approximate surface area is 148 Å². The molecule has 2 aromatic carbocycles. The second kappa shape index (κ2) is 7.45. The molecule has 0 saturated heterocycles. The Morgan fingerprint density at radius 2 is 1.67 bits per heavy atom. The summed E-state index contributed by atoms with van der Waals surface area (Å²) < 4.78 is 101. The maximum Gasteiger partial charge on any atom is 0.416 e. The minimum atomic E-state index is -4.93. The highest BCUT2D eigenvalue weighted by Crippen LogP contribution is 2.38. The van der Waals surface area contributed by atoms with E-state index in [4.69, 9.17) is 9.47 Å². The van der Waals surface area contributed by atoms with E-state index < -0.39 is 47.2 Å². The number of aldehydes is 1. The lowest BCUT2D eigenvalue weighted by Gasteiger charge is -2.17. The molecule has 0 fully saturated rings. The van der Waals surface area contributed by atoms with E-state index in [1.54, 1.807) is 0 Å². The van der Waals surface area contributed by atoms with E-state index in [9.17, 15) is 35.5 Å². The van der Waals surface area contributed by atoms with Crippen molar-refractivity contribution in [1.29, 1.82) is 0 Å². The quantitative estimate of drug-likeness (QED) is 0.511. The molecule has 0 heterocycles. The smallest absolute Gasteiger partial charge is 0.416 e. The van der Waals surface area contributed by atoms with Gasteiger partial charge in [0.1, 0.15) is 12.4 Å². The van der Waals surface area contributed by atoms with Gasteiger partial charge in [-0.1, -0.05) is 0 Å². The summed E-state index contributed by atoms with van der Waals surface area (Å²) in [6, 6.07) is 2.45. The van der Waals surface area contributed by atoms with E-state index >= 15 is 0 Å². The van der Waals surface area contributed by atoms with Crippen molar-refractivity contribution in [2.75, 3.05) is 7.11 Å². The summed E-state index contributed by atoms with van der Waals surface area (Å²) in [4.78, 5) is 10.9. The minimum Gasteiger partial charge on any atom is -0.492 e. The van der Waals surface area contributed by atoms with E-state index in [2.05, 4.69) is 0 Å². The van der Waals surface area contributed by atoms with Crippen LogP contribution in [-0.4, -0.2) is 13.4 Å². The number of carbonyl (C=O) groups excluding carboxylic acids is 1. The largest absolute Gasteiger partial charge is 0.492 e. The van der Waals surface area contributed by atoms with Crippen molar-refractivity contribution >= 4 is 6.29 Å². The first-order chi connectivity index (χ1) is 12.5. The van der Waals surface area contributed by atoms with E-state index in [0.717, 1.165) is 19.2 Å². The molecule has 0 radical (unpaired) electrons. The summed E-state index contributed by atoms with van der Waals surface area (Å²) >= 11 is 0. The van der Waals surface area contributed by atoms with Crippen LogP contribution in [0.15, 0.2) is 30.3 Å². The van der Waals surface area contributed by atoms with Gasteiger partial charge in [0.25, 0.3) is 0 Å². The molecule has 0 unspecified atom stereocenters. The second-order valence-corrected chi connectivity index (χ2v) is 5.30. The van der Waals surface area contributed by atoms with Crippen LogP contribution in [0.1, 0.15) is 27.0 Å². The molecule has 10 heteroatoms. The van der Waals surface area contributed by atoms with Gasteiger partial charge in [-0.05, 0) is 24.3 Å². The lowest BCUT2D eigenvalue weighted by Crippen LogP contribution is -2.14. The first-order valence-electron chi connectivity index (χ1n) is 7.20. The number of hydrogen-bond donors (Lipinski definition) is 0. The van der Waals surface area contributed by atoms with Gasteiger partial charge >= 0.3 is 12.4 Å². The standard InChI is InChI=1S/C17H11F7O3/c1-26-15-9(7-25)5-12(18)6-14(15)27-8-10-4-11(16(19,20)21)2-3-13(10)17(22,23)24/h2-7H,8H2,1H3. The van der Waals surface area contributed by atoms with Gasteiger partial charge < -0.3 is 9.47 Å². The number of hydrogen-bond acceptors (Lipinski definition) is 3. The van der Waals surface area contributed by atoms with Crippen molar-refractivity contribution in [2.24, 2.45) is 0 Å². The van der Waals surface area contributed by atoms with Gasteiger partial charge in [-0.25, -0.2) is 4.39 Å². The number of benzene rings is 2. The lowest BCUT2D eigenvalue weighted by molar-refractivity contribution is -0.142. The molecule has 0 aliphatic carbocycles. The Morgan fingerprint density at radius 3 is 2.19 bits per heavy atom. The second-order valence-electron chi connectivity index (χ2n) is 5.30. The minimum absolute atomic E-state index is 0.236. The van der Waals surface area contributed by atoms with E-state index in [1.807, 2.05) is 0 Å². The van der Waals surface area contributed by atoms with Crippen molar-refractivity contribution in [3.63, 3.8) is 0 Å². The number of methoxy groups -OCH3 is 1.